The van der Waals surface area contributed by atoms with E-state index in [0.717, 1.165) is 16.9 Å². The molecule has 0 aliphatic rings. The van der Waals surface area contributed by atoms with Gasteiger partial charge in [0.1, 0.15) is 0 Å². The van der Waals surface area contributed by atoms with Gasteiger partial charge >= 0.3 is 0 Å². The van der Waals surface area contributed by atoms with E-state index >= 15 is 0 Å². The van der Waals surface area contributed by atoms with Gasteiger partial charge in [0, 0.05) is 11.9 Å². The summed E-state index contributed by atoms with van der Waals surface area (Å²) in [6, 6.07) is 13.5. The molecule has 2 rings (SSSR count). The van der Waals surface area contributed by atoms with Crippen LogP contribution in [0.5, 0.6) is 0 Å². The van der Waals surface area contributed by atoms with E-state index < -0.39 is 0 Å². The standard InChI is InChI=1S/C13H14N2O/c14-12-6-4-11(5-7-12)9-16-10-13-3-1-2-8-15-13/h1-8H,9-10,14H2. The molecule has 0 aliphatic carbocycles. The summed E-state index contributed by atoms with van der Waals surface area (Å²) in [5.41, 5.74) is 8.43. The summed E-state index contributed by atoms with van der Waals surface area (Å²) in [5, 5.41) is 0. The lowest BCUT2D eigenvalue weighted by molar-refractivity contribution is 0.104. The number of pyridine rings is 1. The van der Waals surface area contributed by atoms with Gasteiger partial charge in [-0.15, -0.1) is 0 Å². The monoisotopic (exact) mass is 214 g/mol. The molecule has 82 valence electrons. The van der Waals surface area contributed by atoms with Crippen molar-refractivity contribution in [2.75, 3.05) is 5.73 Å². The summed E-state index contributed by atoms with van der Waals surface area (Å²) in [6.45, 7) is 1.11. The highest BCUT2D eigenvalue weighted by Crippen LogP contribution is 2.07. The predicted octanol–water partition coefficient (Wildman–Crippen LogP) is 2.38. The van der Waals surface area contributed by atoms with Crippen molar-refractivity contribution in [2.24, 2.45) is 0 Å². The molecule has 0 spiro atoms. The molecule has 3 heteroatoms. The molecule has 2 aromatic rings. The highest BCUT2D eigenvalue weighted by molar-refractivity contribution is 5.39. The molecule has 1 aromatic heterocycles. The molecule has 3 nitrogen and oxygen atoms in total. The molecule has 0 saturated heterocycles. The molecular formula is C13H14N2O. The number of nitrogens with two attached hydrogens (primary N) is 1. The largest absolute Gasteiger partial charge is 0.399 e. The molecule has 1 heterocycles. The van der Waals surface area contributed by atoms with Crippen molar-refractivity contribution in [1.82, 2.24) is 4.98 Å². The van der Waals surface area contributed by atoms with Crippen molar-refractivity contribution in [3.05, 3.63) is 59.9 Å². The molecule has 0 saturated carbocycles. The second kappa shape index (κ2) is 5.28. The van der Waals surface area contributed by atoms with E-state index in [-0.39, 0.29) is 0 Å². The summed E-state index contributed by atoms with van der Waals surface area (Å²) in [6.07, 6.45) is 1.77. The minimum absolute atomic E-state index is 0.533. The van der Waals surface area contributed by atoms with Gasteiger partial charge in [-0.05, 0) is 29.8 Å². The Bertz CT molecular complexity index is 425. The molecule has 1 aromatic carbocycles. The molecule has 0 atom stereocenters. The highest BCUT2D eigenvalue weighted by atomic mass is 16.5. The van der Waals surface area contributed by atoms with E-state index in [4.69, 9.17) is 10.5 Å². The first-order chi connectivity index (χ1) is 7.84. The number of aromatic nitrogens is 1. The maximum absolute atomic E-state index is 5.60. The summed E-state index contributed by atoms with van der Waals surface area (Å²) in [4.78, 5) is 4.18. The molecule has 2 N–H and O–H groups in total. The summed E-state index contributed by atoms with van der Waals surface area (Å²) >= 11 is 0. The number of rotatable bonds is 4. The van der Waals surface area contributed by atoms with Gasteiger partial charge < -0.3 is 10.5 Å². The van der Waals surface area contributed by atoms with Crippen molar-refractivity contribution in [3.8, 4) is 0 Å². The van der Waals surface area contributed by atoms with E-state index in [1.807, 2.05) is 42.5 Å². The summed E-state index contributed by atoms with van der Waals surface area (Å²) in [7, 11) is 0. The summed E-state index contributed by atoms with van der Waals surface area (Å²) < 4.78 is 5.54. The molecule has 0 amide bonds. The SMILES string of the molecule is Nc1ccc(COCc2ccccn2)cc1. The lowest BCUT2D eigenvalue weighted by Crippen LogP contribution is -1.96. The van der Waals surface area contributed by atoms with Gasteiger partial charge in [-0.2, -0.15) is 0 Å². The van der Waals surface area contributed by atoms with Gasteiger partial charge in [-0.1, -0.05) is 18.2 Å². The van der Waals surface area contributed by atoms with Crippen LogP contribution in [0.15, 0.2) is 48.7 Å². The Labute approximate surface area is 94.9 Å². The second-order valence-corrected chi connectivity index (χ2v) is 3.56. The van der Waals surface area contributed by atoms with Gasteiger partial charge in [0.25, 0.3) is 0 Å². The van der Waals surface area contributed by atoms with Crippen LogP contribution in [0.4, 0.5) is 5.69 Å². The Hall–Kier alpha value is -1.87. The fraction of sp³-hybridized carbons (Fsp3) is 0.154. The van der Waals surface area contributed by atoms with Crippen molar-refractivity contribution < 1.29 is 4.74 Å². The average molecular weight is 214 g/mol. The number of nitrogen functional groups attached to an aromatic ring is 1. The van der Waals surface area contributed by atoms with Gasteiger partial charge in [-0.25, -0.2) is 0 Å². The molecule has 0 radical (unpaired) electrons. The molecule has 0 fully saturated rings. The predicted molar refractivity (Wildman–Crippen MR) is 63.6 cm³/mol. The first-order valence-electron chi connectivity index (χ1n) is 5.16. The lowest BCUT2D eigenvalue weighted by Gasteiger charge is -2.04. The van der Waals surface area contributed by atoms with Crippen LogP contribution in [0.3, 0.4) is 0 Å². The third-order valence-electron chi connectivity index (χ3n) is 2.22. The number of hydrogen-bond donors (Lipinski definition) is 1. The first kappa shape index (κ1) is 10.6. The second-order valence-electron chi connectivity index (χ2n) is 3.56. The maximum Gasteiger partial charge on any atom is 0.0892 e. The van der Waals surface area contributed by atoms with Gasteiger partial charge in [0.2, 0.25) is 0 Å². The van der Waals surface area contributed by atoms with Crippen molar-refractivity contribution in [1.29, 1.82) is 0 Å². The average Bonchev–Trinajstić information content (AvgIpc) is 2.33. The number of ether oxygens (including phenoxy) is 1. The van der Waals surface area contributed by atoms with Crippen molar-refractivity contribution >= 4 is 5.69 Å². The molecule has 0 unspecified atom stereocenters. The van der Waals surface area contributed by atoms with Crippen LogP contribution in [-0.2, 0) is 18.0 Å². The third-order valence-corrected chi connectivity index (χ3v) is 2.22. The fourth-order valence-electron chi connectivity index (χ4n) is 1.37. The van der Waals surface area contributed by atoms with Gasteiger partial charge in [0.15, 0.2) is 0 Å². The zero-order valence-electron chi connectivity index (χ0n) is 8.97. The fourth-order valence-corrected chi connectivity index (χ4v) is 1.37. The van der Waals surface area contributed by atoms with E-state index in [0.29, 0.717) is 13.2 Å². The van der Waals surface area contributed by atoms with E-state index in [1.165, 1.54) is 0 Å². The lowest BCUT2D eigenvalue weighted by atomic mass is 10.2. The van der Waals surface area contributed by atoms with E-state index in [9.17, 15) is 0 Å². The third kappa shape index (κ3) is 3.07. The topological polar surface area (TPSA) is 48.1 Å². The Morgan fingerprint density at radius 3 is 2.50 bits per heavy atom. The van der Waals surface area contributed by atoms with Crippen LogP contribution in [0.1, 0.15) is 11.3 Å². The Kier molecular flexibility index (Phi) is 3.51. The smallest absolute Gasteiger partial charge is 0.0892 e. The van der Waals surface area contributed by atoms with Crippen LogP contribution >= 0.6 is 0 Å². The Balaban J connectivity index is 1.82. The van der Waals surface area contributed by atoms with Crippen LogP contribution in [0.2, 0.25) is 0 Å². The van der Waals surface area contributed by atoms with E-state index in [1.54, 1.807) is 6.20 Å². The van der Waals surface area contributed by atoms with Crippen LogP contribution in [0.25, 0.3) is 0 Å². The van der Waals surface area contributed by atoms with Crippen LogP contribution < -0.4 is 5.73 Å². The van der Waals surface area contributed by atoms with Crippen molar-refractivity contribution in [2.45, 2.75) is 13.2 Å². The zero-order chi connectivity index (χ0) is 11.2. The van der Waals surface area contributed by atoms with Crippen LogP contribution in [0, 0.1) is 0 Å². The Morgan fingerprint density at radius 2 is 1.81 bits per heavy atom. The number of hydrogen-bond acceptors (Lipinski definition) is 3. The van der Waals surface area contributed by atoms with E-state index in [2.05, 4.69) is 4.98 Å². The van der Waals surface area contributed by atoms with Crippen molar-refractivity contribution in [3.63, 3.8) is 0 Å². The maximum atomic E-state index is 5.60. The highest BCUT2D eigenvalue weighted by Gasteiger charge is 1.95. The first-order valence-corrected chi connectivity index (χ1v) is 5.16. The van der Waals surface area contributed by atoms with Gasteiger partial charge in [-0.3, -0.25) is 4.98 Å². The number of anilines is 1. The normalized spacial score (nSPS) is 10.2. The quantitative estimate of drug-likeness (QED) is 0.795. The number of nitrogens with zero attached hydrogens (tertiary/aromatic N) is 1. The molecule has 0 aliphatic heterocycles. The van der Waals surface area contributed by atoms with Gasteiger partial charge in [0.05, 0.1) is 18.9 Å². The Morgan fingerprint density at radius 1 is 1.00 bits per heavy atom. The summed E-state index contributed by atoms with van der Waals surface area (Å²) in [5.74, 6) is 0. The number of benzene rings is 1. The molecular weight excluding hydrogens is 200 g/mol. The molecule has 0 bridgehead atoms. The minimum atomic E-state index is 0.533. The van der Waals surface area contributed by atoms with Crippen LogP contribution in [-0.4, -0.2) is 4.98 Å². The zero-order valence-corrected chi connectivity index (χ0v) is 8.97. The molecule has 16 heavy (non-hydrogen) atoms. The minimum Gasteiger partial charge on any atom is -0.399 e.